The fourth-order valence-electron chi connectivity index (χ4n) is 2.82. The number of allylic oxidation sites excluding steroid dienone is 6. The van der Waals surface area contributed by atoms with Crippen molar-refractivity contribution in [2.75, 3.05) is 0 Å². The molecule has 0 aromatic rings. The van der Waals surface area contributed by atoms with Gasteiger partial charge in [0.05, 0.1) is 0 Å². The molecule has 0 nitrogen and oxygen atoms in total. The maximum Gasteiger partial charge on any atom is -0.00733 e. The van der Waals surface area contributed by atoms with Crippen LogP contribution in [-0.4, -0.2) is 0 Å². The van der Waals surface area contributed by atoms with Crippen LogP contribution in [0.25, 0.3) is 0 Å². The summed E-state index contributed by atoms with van der Waals surface area (Å²) in [6.07, 6.45) is 15.4. The van der Waals surface area contributed by atoms with Crippen molar-refractivity contribution in [1.29, 1.82) is 0 Å². The van der Waals surface area contributed by atoms with E-state index in [9.17, 15) is 0 Å². The highest BCUT2D eigenvalue weighted by Crippen LogP contribution is 2.43. The van der Waals surface area contributed by atoms with Crippen LogP contribution >= 0.6 is 23.5 Å². The van der Waals surface area contributed by atoms with Gasteiger partial charge in [0.2, 0.25) is 0 Å². The summed E-state index contributed by atoms with van der Waals surface area (Å²) >= 11 is 3.93. The lowest BCUT2D eigenvalue weighted by Gasteiger charge is -2.23. The van der Waals surface area contributed by atoms with Crippen molar-refractivity contribution < 1.29 is 0 Å². The Morgan fingerprint density at radius 1 is 0.667 bits per heavy atom. The minimum Gasteiger partial charge on any atom is -0.106 e. The van der Waals surface area contributed by atoms with Gasteiger partial charge in [-0.2, -0.15) is 0 Å². The molecule has 18 heavy (non-hydrogen) atoms. The van der Waals surface area contributed by atoms with E-state index in [1.54, 1.807) is 21.0 Å². The Labute approximate surface area is 119 Å². The summed E-state index contributed by atoms with van der Waals surface area (Å²) in [4.78, 5) is 3.31. The summed E-state index contributed by atoms with van der Waals surface area (Å²) in [7, 11) is 0. The van der Waals surface area contributed by atoms with Crippen molar-refractivity contribution in [2.45, 2.75) is 51.4 Å². The van der Waals surface area contributed by atoms with Gasteiger partial charge in [0, 0.05) is 0 Å². The van der Waals surface area contributed by atoms with Crippen LogP contribution in [0.1, 0.15) is 51.4 Å². The second-order valence-corrected chi connectivity index (χ2v) is 7.16. The number of rotatable bonds is 0. The standard InChI is InChI=1S/C16H20S2/c1-3-7-15-13(5-1)9-11-17-12-10-14-6-2-4-8-16(14)18-15/h9-12H,1-8H2/b11-9-,12-10+. The van der Waals surface area contributed by atoms with Crippen molar-refractivity contribution in [3.05, 3.63) is 43.9 Å². The average Bonchev–Trinajstić information content (AvgIpc) is 2.42. The highest BCUT2D eigenvalue weighted by Gasteiger charge is 2.17. The Morgan fingerprint density at radius 3 is 1.72 bits per heavy atom. The van der Waals surface area contributed by atoms with Crippen LogP contribution in [-0.2, 0) is 0 Å². The molecule has 0 N–H and O–H groups in total. The Kier molecular flexibility index (Phi) is 4.37. The van der Waals surface area contributed by atoms with Crippen molar-refractivity contribution >= 4 is 23.5 Å². The molecule has 0 aromatic carbocycles. The van der Waals surface area contributed by atoms with Gasteiger partial charge in [-0.1, -0.05) is 23.9 Å². The van der Waals surface area contributed by atoms with Crippen molar-refractivity contribution in [3.8, 4) is 0 Å². The predicted molar refractivity (Wildman–Crippen MR) is 84.5 cm³/mol. The van der Waals surface area contributed by atoms with Gasteiger partial charge in [0.15, 0.2) is 0 Å². The molecule has 0 saturated heterocycles. The van der Waals surface area contributed by atoms with Gasteiger partial charge < -0.3 is 0 Å². The lowest BCUT2D eigenvalue weighted by Crippen LogP contribution is -2.00. The van der Waals surface area contributed by atoms with Crippen LogP contribution in [0, 0.1) is 0 Å². The van der Waals surface area contributed by atoms with Gasteiger partial charge in [-0.05, 0) is 83.1 Å². The zero-order valence-electron chi connectivity index (χ0n) is 10.8. The maximum atomic E-state index is 2.35. The highest BCUT2D eigenvalue weighted by molar-refractivity contribution is 8.06. The van der Waals surface area contributed by atoms with Crippen LogP contribution in [0.3, 0.4) is 0 Å². The number of hydrogen-bond acceptors (Lipinski definition) is 2. The fraction of sp³-hybridized carbons (Fsp3) is 0.500. The molecule has 0 bridgehead atoms. The predicted octanol–water partition coefficient (Wildman–Crippen LogP) is 6.15. The Bertz CT molecular complexity index is 398. The SMILES string of the molecule is C1=C\C2=C(CCCC2)SC2=C(/C=C/S/1)CCCC2. The molecule has 0 aromatic heterocycles. The molecule has 1 heterocycles. The lowest BCUT2D eigenvalue weighted by atomic mass is 9.99. The molecule has 0 atom stereocenters. The minimum absolute atomic E-state index is 1.28. The third-order valence-electron chi connectivity index (χ3n) is 3.86. The molecule has 2 heteroatoms. The van der Waals surface area contributed by atoms with Crippen LogP contribution in [0.5, 0.6) is 0 Å². The van der Waals surface area contributed by atoms with Gasteiger partial charge in [-0.15, -0.1) is 11.8 Å². The molecule has 0 fully saturated rings. The lowest BCUT2D eigenvalue weighted by molar-refractivity contribution is 0.698. The third-order valence-corrected chi connectivity index (χ3v) is 5.87. The van der Waals surface area contributed by atoms with Crippen molar-refractivity contribution in [2.24, 2.45) is 0 Å². The molecule has 3 aliphatic rings. The number of thioether (sulfide) groups is 2. The van der Waals surface area contributed by atoms with Gasteiger partial charge in [0.25, 0.3) is 0 Å². The summed E-state index contributed by atoms with van der Waals surface area (Å²) in [5, 5.41) is 4.51. The molecule has 0 saturated carbocycles. The molecule has 0 unspecified atom stereocenters. The maximum absolute atomic E-state index is 2.35. The van der Waals surface area contributed by atoms with Gasteiger partial charge in [0.1, 0.15) is 0 Å². The topological polar surface area (TPSA) is 0 Å². The van der Waals surface area contributed by atoms with Crippen LogP contribution in [0.2, 0.25) is 0 Å². The zero-order valence-corrected chi connectivity index (χ0v) is 12.4. The molecule has 1 aliphatic heterocycles. The third kappa shape index (κ3) is 2.97. The fourth-order valence-corrected chi connectivity index (χ4v) is 4.79. The summed E-state index contributed by atoms with van der Waals surface area (Å²) in [6, 6.07) is 0. The Morgan fingerprint density at radius 2 is 1.17 bits per heavy atom. The van der Waals surface area contributed by atoms with Crippen molar-refractivity contribution in [3.63, 3.8) is 0 Å². The van der Waals surface area contributed by atoms with E-state index in [0.29, 0.717) is 0 Å². The van der Waals surface area contributed by atoms with Crippen molar-refractivity contribution in [1.82, 2.24) is 0 Å². The van der Waals surface area contributed by atoms with E-state index >= 15 is 0 Å². The molecule has 0 amide bonds. The van der Waals surface area contributed by atoms with Gasteiger partial charge in [-0.3, -0.25) is 0 Å². The van der Waals surface area contributed by atoms with E-state index in [4.69, 9.17) is 0 Å². The zero-order chi connectivity index (χ0) is 12.2. The quantitative estimate of drug-likeness (QED) is 0.520. The largest absolute Gasteiger partial charge is 0.106 e. The molecule has 0 radical (unpaired) electrons. The first kappa shape index (κ1) is 12.7. The van der Waals surface area contributed by atoms with Crippen LogP contribution in [0.4, 0.5) is 0 Å². The monoisotopic (exact) mass is 276 g/mol. The second-order valence-electron chi connectivity index (χ2n) is 5.15. The van der Waals surface area contributed by atoms with Crippen LogP contribution in [0.15, 0.2) is 43.9 Å². The first-order valence-corrected chi connectivity index (χ1v) is 8.80. The molecule has 96 valence electrons. The molecule has 3 rings (SSSR count). The number of hydrogen-bond donors (Lipinski definition) is 0. The Balaban J connectivity index is 1.94. The van der Waals surface area contributed by atoms with E-state index in [1.807, 2.05) is 11.8 Å². The summed E-state index contributed by atoms with van der Waals surface area (Å²) in [6.45, 7) is 0. The highest BCUT2D eigenvalue weighted by atomic mass is 32.2. The molecular weight excluding hydrogens is 256 g/mol. The smallest absolute Gasteiger partial charge is 0.00733 e. The molecular formula is C16H20S2. The Hall–Kier alpha value is -0.340. The molecule has 0 spiro atoms. The first-order chi connectivity index (χ1) is 8.93. The summed E-state index contributed by atoms with van der Waals surface area (Å²) in [5.41, 5.74) is 3.21. The average molecular weight is 276 g/mol. The van der Waals surface area contributed by atoms with E-state index in [1.165, 1.54) is 51.4 Å². The van der Waals surface area contributed by atoms with E-state index in [2.05, 4.69) is 34.7 Å². The molecule has 2 aliphatic carbocycles. The van der Waals surface area contributed by atoms with E-state index in [-0.39, 0.29) is 0 Å². The second kappa shape index (κ2) is 6.21. The minimum atomic E-state index is 1.28. The van der Waals surface area contributed by atoms with Crippen LogP contribution < -0.4 is 0 Å². The van der Waals surface area contributed by atoms with E-state index in [0.717, 1.165) is 0 Å². The van der Waals surface area contributed by atoms with E-state index < -0.39 is 0 Å². The van der Waals surface area contributed by atoms with Gasteiger partial charge in [-0.25, -0.2) is 0 Å². The van der Waals surface area contributed by atoms with Gasteiger partial charge >= 0.3 is 0 Å². The summed E-state index contributed by atoms with van der Waals surface area (Å²) in [5.74, 6) is 0. The normalized spacial score (nSPS) is 28.4. The summed E-state index contributed by atoms with van der Waals surface area (Å²) < 4.78 is 0. The first-order valence-electron chi connectivity index (χ1n) is 7.04.